The van der Waals surface area contributed by atoms with Crippen molar-refractivity contribution in [1.82, 2.24) is 15.3 Å². The second-order valence-corrected chi connectivity index (χ2v) is 5.92. The summed E-state index contributed by atoms with van der Waals surface area (Å²) in [4.78, 5) is 8.92. The van der Waals surface area contributed by atoms with Gasteiger partial charge >= 0.3 is 0 Å². The van der Waals surface area contributed by atoms with Gasteiger partial charge < -0.3 is 15.4 Å². The van der Waals surface area contributed by atoms with Gasteiger partial charge in [-0.15, -0.1) is 0 Å². The Morgan fingerprint density at radius 1 is 1.42 bits per heavy atom. The Morgan fingerprint density at radius 2 is 2.25 bits per heavy atom. The van der Waals surface area contributed by atoms with E-state index in [1.54, 1.807) is 12.4 Å². The summed E-state index contributed by atoms with van der Waals surface area (Å²) in [7, 11) is 0. The summed E-state index contributed by atoms with van der Waals surface area (Å²) in [6.07, 6.45) is 11.3. The largest absolute Gasteiger partial charge is 0.381 e. The van der Waals surface area contributed by atoms with Gasteiger partial charge in [-0.3, -0.25) is 0 Å². The topological polar surface area (TPSA) is 82.9 Å². The molecular formula is C18H21N5O. The lowest BCUT2D eigenvalue weighted by atomic mass is 10.0. The summed E-state index contributed by atoms with van der Waals surface area (Å²) >= 11 is 0. The molecule has 2 aliphatic rings. The van der Waals surface area contributed by atoms with Gasteiger partial charge in [-0.05, 0) is 43.4 Å². The van der Waals surface area contributed by atoms with E-state index >= 15 is 0 Å². The maximum Gasteiger partial charge on any atom is 0.223 e. The summed E-state index contributed by atoms with van der Waals surface area (Å²) in [6, 6.07) is 2.26. The lowest BCUT2D eigenvalue weighted by Gasteiger charge is -2.22. The number of nitriles is 1. The molecule has 1 aromatic rings. The molecule has 24 heavy (non-hydrogen) atoms. The predicted octanol–water partition coefficient (Wildman–Crippen LogP) is 2.53. The zero-order valence-corrected chi connectivity index (χ0v) is 13.7. The third-order valence-corrected chi connectivity index (χ3v) is 4.19. The predicted molar refractivity (Wildman–Crippen MR) is 92.8 cm³/mol. The van der Waals surface area contributed by atoms with E-state index in [4.69, 9.17) is 4.74 Å². The standard InChI is InChI=1S/C18H21N5O/c1-13-11-21-18(22-12-14-5-8-24-9-6-14)23-17(13)15(10-19)16-4-2-3-7-20-16/h2-4,7,11,14,20H,5-6,8-9,12H2,1H3,(H,21,22,23)/b16-15+. The van der Waals surface area contributed by atoms with Crippen molar-refractivity contribution in [2.24, 2.45) is 5.92 Å². The Bertz CT molecular complexity index is 723. The molecule has 0 spiro atoms. The maximum atomic E-state index is 9.58. The van der Waals surface area contributed by atoms with Gasteiger partial charge in [0.2, 0.25) is 5.95 Å². The van der Waals surface area contributed by atoms with Crippen molar-refractivity contribution in [2.75, 3.05) is 25.1 Å². The Morgan fingerprint density at radius 3 is 2.96 bits per heavy atom. The monoisotopic (exact) mass is 323 g/mol. The molecule has 0 amide bonds. The molecular weight excluding hydrogens is 302 g/mol. The summed E-state index contributed by atoms with van der Waals surface area (Å²) in [5.41, 5.74) is 2.80. The average molecular weight is 323 g/mol. The molecule has 0 aromatic carbocycles. The van der Waals surface area contributed by atoms with Crippen molar-refractivity contribution < 1.29 is 4.74 Å². The number of hydrogen-bond donors (Lipinski definition) is 2. The van der Waals surface area contributed by atoms with Gasteiger partial charge in [0.15, 0.2) is 0 Å². The molecule has 1 aromatic heterocycles. The van der Waals surface area contributed by atoms with E-state index in [0.29, 0.717) is 23.1 Å². The van der Waals surface area contributed by atoms with Gasteiger partial charge in [-0.1, -0.05) is 6.08 Å². The van der Waals surface area contributed by atoms with Crippen LogP contribution in [-0.4, -0.2) is 29.7 Å². The molecule has 2 aliphatic heterocycles. The van der Waals surface area contributed by atoms with E-state index in [1.165, 1.54) is 0 Å². The van der Waals surface area contributed by atoms with Crippen LogP contribution in [0.1, 0.15) is 24.1 Å². The fraction of sp³-hybridized carbons (Fsp3) is 0.389. The van der Waals surface area contributed by atoms with Crippen LogP contribution in [0.3, 0.4) is 0 Å². The molecule has 6 heteroatoms. The molecule has 0 atom stereocenters. The van der Waals surface area contributed by atoms with Gasteiger partial charge in [0.25, 0.3) is 0 Å². The molecule has 124 valence electrons. The van der Waals surface area contributed by atoms with E-state index < -0.39 is 0 Å². The molecule has 0 radical (unpaired) electrons. The molecule has 1 saturated heterocycles. The van der Waals surface area contributed by atoms with E-state index in [9.17, 15) is 5.26 Å². The first-order valence-corrected chi connectivity index (χ1v) is 8.17. The molecule has 0 unspecified atom stereocenters. The molecule has 2 N–H and O–H groups in total. The number of rotatable bonds is 4. The van der Waals surface area contributed by atoms with E-state index in [2.05, 4.69) is 26.7 Å². The average Bonchev–Trinajstić information content (AvgIpc) is 2.64. The SMILES string of the molecule is Cc1cnc(NCC2CCOCC2)nc1/C(C#N)=C1\C=CC=CN1. The Hall–Kier alpha value is -2.65. The van der Waals surface area contributed by atoms with Crippen molar-refractivity contribution in [1.29, 1.82) is 5.26 Å². The van der Waals surface area contributed by atoms with E-state index in [0.717, 1.165) is 43.9 Å². The minimum atomic E-state index is 0.518. The van der Waals surface area contributed by atoms with Crippen LogP contribution in [0.4, 0.5) is 5.95 Å². The summed E-state index contributed by atoms with van der Waals surface area (Å²) in [6.45, 7) is 4.38. The molecule has 3 rings (SSSR count). The second-order valence-electron chi connectivity index (χ2n) is 5.92. The van der Waals surface area contributed by atoms with Gasteiger partial charge in [-0.2, -0.15) is 5.26 Å². The van der Waals surface area contributed by atoms with Gasteiger partial charge in [0, 0.05) is 32.2 Å². The number of hydrogen-bond acceptors (Lipinski definition) is 6. The first kappa shape index (κ1) is 16.2. The third kappa shape index (κ3) is 3.81. The van der Waals surface area contributed by atoms with Gasteiger partial charge in [0.05, 0.1) is 11.4 Å². The number of aryl methyl sites for hydroxylation is 1. The smallest absolute Gasteiger partial charge is 0.223 e. The quantitative estimate of drug-likeness (QED) is 0.829. The number of nitrogens with one attached hydrogen (secondary N) is 2. The van der Waals surface area contributed by atoms with Crippen molar-refractivity contribution in [3.8, 4) is 6.07 Å². The van der Waals surface area contributed by atoms with E-state index in [1.807, 2.05) is 25.2 Å². The fourth-order valence-corrected chi connectivity index (χ4v) is 2.76. The molecule has 6 nitrogen and oxygen atoms in total. The highest BCUT2D eigenvalue weighted by atomic mass is 16.5. The van der Waals surface area contributed by atoms with Gasteiger partial charge in [0.1, 0.15) is 11.6 Å². The molecule has 0 saturated carbocycles. The first-order chi connectivity index (χ1) is 11.8. The second kappa shape index (κ2) is 7.75. The number of aromatic nitrogens is 2. The Balaban J connectivity index is 1.79. The van der Waals surface area contributed by atoms with Crippen molar-refractivity contribution in [3.63, 3.8) is 0 Å². The van der Waals surface area contributed by atoms with E-state index in [-0.39, 0.29) is 0 Å². The van der Waals surface area contributed by atoms with Gasteiger partial charge in [-0.25, -0.2) is 9.97 Å². The minimum absolute atomic E-state index is 0.518. The Kier molecular flexibility index (Phi) is 5.24. The summed E-state index contributed by atoms with van der Waals surface area (Å²) < 4.78 is 5.38. The normalized spacial score (nSPS) is 19.5. The first-order valence-electron chi connectivity index (χ1n) is 8.17. The van der Waals surface area contributed by atoms with Crippen molar-refractivity contribution in [3.05, 3.63) is 47.6 Å². The lowest BCUT2D eigenvalue weighted by Crippen LogP contribution is -2.23. The van der Waals surface area contributed by atoms with Crippen LogP contribution in [0, 0.1) is 24.2 Å². The third-order valence-electron chi connectivity index (χ3n) is 4.19. The highest BCUT2D eigenvalue weighted by molar-refractivity contribution is 5.80. The number of ether oxygens (including phenoxy) is 1. The van der Waals surface area contributed by atoms with Crippen molar-refractivity contribution in [2.45, 2.75) is 19.8 Å². The summed E-state index contributed by atoms with van der Waals surface area (Å²) in [5, 5.41) is 16.0. The number of dihydropyridines is 1. The number of allylic oxidation sites excluding steroid dienone is 4. The van der Waals surface area contributed by atoms with Crippen molar-refractivity contribution >= 4 is 11.5 Å². The van der Waals surface area contributed by atoms with Crippen LogP contribution >= 0.6 is 0 Å². The fourth-order valence-electron chi connectivity index (χ4n) is 2.76. The summed E-state index contributed by atoms with van der Waals surface area (Å²) in [5.74, 6) is 1.14. The number of nitrogens with zero attached hydrogens (tertiary/aromatic N) is 3. The number of anilines is 1. The van der Waals surface area contributed by atoms with Crippen LogP contribution in [0.2, 0.25) is 0 Å². The highest BCUT2D eigenvalue weighted by Gasteiger charge is 2.16. The Labute approximate surface area is 142 Å². The highest BCUT2D eigenvalue weighted by Crippen LogP contribution is 2.22. The zero-order valence-electron chi connectivity index (χ0n) is 13.7. The molecule has 3 heterocycles. The zero-order chi connectivity index (χ0) is 16.8. The van der Waals surface area contributed by atoms with Crippen LogP contribution in [0.15, 0.2) is 36.3 Å². The van der Waals surface area contributed by atoms with Crippen LogP contribution < -0.4 is 10.6 Å². The van der Waals surface area contributed by atoms with Crippen LogP contribution in [0.25, 0.3) is 5.57 Å². The molecule has 1 fully saturated rings. The van der Waals surface area contributed by atoms with Crippen LogP contribution in [0.5, 0.6) is 0 Å². The van der Waals surface area contributed by atoms with Crippen LogP contribution in [-0.2, 0) is 4.74 Å². The minimum Gasteiger partial charge on any atom is -0.381 e. The maximum absolute atomic E-state index is 9.58. The molecule has 0 bridgehead atoms. The molecule has 0 aliphatic carbocycles. The lowest BCUT2D eigenvalue weighted by molar-refractivity contribution is 0.0699.